The van der Waals surface area contributed by atoms with E-state index < -0.39 is 0 Å². The van der Waals surface area contributed by atoms with Crippen LogP contribution in [0.2, 0.25) is 0 Å². The van der Waals surface area contributed by atoms with Crippen molar-refractivity contribution >= 4 is 17.2 Å². The predicted molar refractivity (Wildman–Crippen MR) is 111 cm³/mol. The highest BCUT2D eigenvalue weighted by molar-refractivity contribution is 5.98. The molecule has 0 saturated heterocycles. The highest BCUT2D eigenvalue weighted by Gasteiger charge is 2.16. The zero-order valence-corrected chi connectivity index (χ0v) is 15.6. The Hall–Kier alpha value is -2.66. The lowest BCUT2D eigenvalue weighted by Gasteiger charge is -2.09. The van der Waals surface area contributed by atoms with Gasteiger partial charge in [-0.2, -0.15) is 0 Å². The topological polar surface area (TPSA) is 65.4 Å². The Morgan fingerprint density at radius 2 is 1.85 bits per heavy atom. The van der Waals surface area contributed by atoms with Crippen LogP contribution >= 0.6 is 0 Å². The first-order chi connectivity index (χ1) is 13.4. The number of nitrogens with zero attached hydrogens (tertiary/aromatic N) is 3. The number of hydrogen-bond acceptors (Lipinski definition) is 4. The summed E-state index contributed by atoms with van der Waals surface area (Å²) in [6, 6.07) is 14.5. The van der Waals surface area contributed by atoms with Gasteiger partial charge >= 0.3 is 0 Å². The molecule has 140 valence electrons. The minimum Gasteiger partial charge on any atom is -0.494 e. The van der Waals surface area contributed by atoms with E-state index in [0.717, 1.165) is 67.3 Å². The zero-order valence-electron chi connectivity index (χ0n) is 15.6. The summed E-state index contributed by atoms with van der Waals surface area (Å²) in [5, 5.41) is 0. The van der Waals surface area contributed by atoms with Crippen molar-refractivity contribution in [3.63, 3.8) is 0 Å². The van der Waals surface area contributed by atoms with Gasteiger partial charge in [-0.15, -0.1) is 0 Å². The zero-order chi connectivity index (χ0) is 18.5. The lowest BCUT2D eigenvalue weighted by molar-refractivity contribution is 0.305. The van der Waals surface area contributed by atoms with Crippen LogP contribution in [0, 0.1) is 0 Å². The van der Waals surface area contributed by atoms with Crippen LogP contribution in [0.5, 0.6) is 5.75 Å². The fraction of sp³-hybridized carbons (Fsp3) is 0.364. The first kappa shape index (κ1) is 17.7. The molecule has 2 aromatic carbocycles. The minimum absolute atomic E-state index is 0.753. The van der Waals surface area contributed by atoms with Gasteiger partial charge in [0.15, 0.2) is 0 Å². The molecule has 5 heteroatoms. The number of benzene rings is 2. The Labute approximate surface area is 159 Å². The van der Waals surface area contributed by atoms with Crippen LogP contribution in [0.15, 0.2) is 47.5 Å². The molecular formula is C22H26N4O. The Morgan fingerprint density at radius 1 is 1.00 bits per heavy atom. The van der Waals surface area contributed by atoms with Gasteiger partial charge in [0.25, 0.3) is 0 Å². The van der Waals surface area contributed by atoms with Crippen molar-refractivity contribution in [3.8, 4) is 17.1 Å². The lowest BCUT2D eigenvalue weighted by atomic mass is 10.2. The molecule has 2 heterocycles. The van der Waals surface area contributed by atoms with Gasteiger partial charge in [0, 0.05) is 23.9 Å². The maximum Gasteiger partial charge on any atom is 0.141 e. The van der Waals surface area contributed by atoms with E-state index in [1.54, 1.807) is 0 Å². The van der Waals surface area contributed by atoms with Crippen LogP contribution in [0.3, 0.4) is 0 Å². The first-order valence-electron chi connectivity index (χ1n) is 9.79. The Bertz CT molecular complexity index is 927. The molecule has 1 aromatic heterocycles. The molecular weight excluding hydrogens is 336 g/mol. The normalized spacial score (nSPS) is 13.1. The Morgan fingerprint density at radius 3 is 2.70 bits per heavy atom. The maximum absolute atomic E-state index is 5.86. The summed E-state index contributed by atoms with van der Waals surface area (Å²) in [6.45, 7) is 3.16. The van der Waals surface area contributed by atoms with Crippen molar-refractivity contribution in [3.05, 3.63) is 48.0 Å². The average Bonchev–Trinajstić information content (AvgIpc) is 2.93. The summed E-state index contributed by atoms with van der Waals surface area (Å²) in [5.74, 6) is 1.91. The molecule has 0 radical (unpaired) electrons. The molecule has 0 spiro atoms. The number of imidazole rings is 1. The van der Waals surface area contributed by atoms with Gasteiger partial charge in [-0.25, -0.2) is 4.98 Å². The van der Waals surface area contributed by atoms with Gasteiger partial charge in [0.2, 0.25) is 0 Å². The summed E-state index contributed by atoms with van der Waals surface area (Å²) >= 11 is 0. The third-order valence-electron chi connectivity index (χ3n) is 4.96. The second kappa shape index (κ2) is 8.35. The number of nitrogens with two attached hydrogens (primary N) is 1. The molecule has 3 aromatic rings. The van der Waals surface area contributed by atoms with E-state index in [9.17, 15) is 0 Å². The second-order valence-corrected chi connectivity index (χ2v) is 6.91. The monoisotopic (exact) mass is 362 g/mol. The van der Waals surface area contributed by atoms with Crippen molar-refractivity contribution in [2.75, 3.05) is 19.7 Å². The molecule has 27 heavy (non-hydrogen) atoms. The molecule has 0 amide bonds. The molecule has 4 rings (SSSR count). The molecule has 0 saturated carbocycles. The number of aliphatic imine (C=N–C) groups is 1. The largest absolute Gasteiger partial charge is 0.494 e. The second-order valence-electron chi connectivity index (χ2n) is 6.91. The average molecular weight is 362 g/mol. The van der Waals surface area contributed by atoms with E-state index in [1.165, 1.54) is 18.4 Å². The fourth-order valence-electron chi connectivity index (χ4n) is 3.57. The molecule has 2 N–H and O–H groups in total. The van der Waals surface area contributed by atoms with Crippen LogP contribution < -0.4 is 10.5 Å². The third kappa shape index (κ3) is 3.88. The van der Waals surface area contributed by atoms with E-state index in [4.69, 9.17) is 15.5 Å². The van der Waals surface area contributed by atoms with Crippen molar-refractivity contribution in [2.24, 2.45) is 10.7 Å². The summed E-state index contributed by atoms with van der Waals surface area (Å²) in [6.07, 6.45) is 6.48. The maximum atomic E-state index is 5.86. The van der Waals surface area contributed by atoms with Crippen LogP contribution in [-0.2, 0) is 6.54 Å². The van der Waals surface area contributed by atoms with E-state index in [1.807, 2.05) is 24.4 Å². The number of unbranched alkanes of at least 4 members (excludes halogenated alkanes) is 3. The summed E-state index contributed by atoms with van der Waals surface area (Å²) in [7, 11) is 0. The van der Waals surface area contributed by atoms with Crippen LogP contribution in [0.1, 0.15) is 31.2 Å². The highest BCUT2D eigenvalue weighted by Crippen LogP contribution is 2.28. The minimum atomic E-state index is 0.753. The molecule has 0 unspecified atom stereocenters. The molecule has 0 fully saturated rings. The molecule has 1 aliphatic rings. The van der Waals surface area contributed by atoms with Crippen molar-refractivity contribution in [1.29, 1.82) is 0 Å². The van der Waals surface area contributed by atoms with Crippen LogP contribution in [0.4, 0.5) is 0 Å². The lowest BCUT2D eigenvalue weighted by Crippen LogP contribution is -2.03. The quantitative estimate of drug-likeness (QED) is 0.615. The van der Waals surface area contributed by atoms with Gasteiger partial charge < -0.3 is 15.0 Å². The van der Waals surface area contributed by atoms with Gasteiger partial charge in [0.05, 0.1) is 24.2 Å². The molecule has 0 atom stereocenters. The van der Waals surface area contributed by atoms with Gasteiger partial charge in [-0.1, -0.05) is 25.0 Å². The number of para-hydroxylation sites is 1. The molecule has 0 bridgehead atoms. The van der Waals surface area contributed by atoms with Crippen LogP contribution in [0.25, 0.3) is 22.4 Å². The number of aromatic nitrogens is 2. The summed E-state index contributed by atoms with van der Waals surface area (Å²) in [5.41, 5.74) is 9.96. The summed E-state index contributed by atoms with van der Waals surface area (Å²) < 4.78 is 8.15. The number of rotatable bonds is 8. The van der Waals surface area contributed by atoms with Crippen molar-refractivity contribution < 1.29 is 4.74 Å². The van der Waals surface area contributed by atoms with Crippen LogP contribution in [-0.4, -0.2) is 35.5 Å². The smallest absolute Gasteiger partial charge is 0.141 e. The highest BCUT2D eigenvalue weighted by atomic mass is 16.5. The third-order valence-corrected chi connectivity index (χ3v) is 4.96. The van der Waals surface area contributed by atoms with E-state index in [2.05, 4.69) is 33.8 Å². The predicted octanol–water partition coefficient (Wildman–Crippen LogP) is 4.03. The number of ether oxygens (including phenoxy) is 1. The molecule has 1 aliphatic heterocycles. The van der Waals surface area contributed by atoms with Gasteiger partial charge in [-0.3, -0.25) is 4.99 Å². The standard InChI is InChI=1S/C22H26N4O/c23-12-3-1-2-4-15-27-19-10-8-17(9-11-19)22-25-20-7-5-6-18-16-24-13-14-26(22)21(18)20/h5-11,16H,1-4,12-15,23H2. The Kier molecular flexibility index (Phi) is 5.49. The van der Waals surface area contributed by atoms with E-state index >= 15 is 0 Å². The van der Waals surface area contributed by atoms with Crippen molar-refractivity contribution in [2.45, 2.75) is 32.2 Å². The Balaban J connectivity index is 1.49. The molecule has 0 aliphatic carbocycles. The van der Waals surface area contributed by atoms with Gasteiger partial charge in [-0.05, 0) is 49.7 Å². The first-order valence-corrected chi connectivity index (χ1v) is 9.79. The van der Waals surface area contributed by atoms with E-state index in [-0.39, 0.29) is 0 Å². The fourth-order valence-corrected chi connectivity index (χ4v) is 3.57. The van der Waals surface area contributed by atoms with Gasteiger partial charge in [0.1, 0.15) is 11.6 Å². The number of hydrogen-bond donors (Lipinski definition) is 1. The summed E-state index contributed by atoms with van der Waals surface area (Å²) in [4.78, 5) is 9.37. The SMILES string of the molecule is NCCCCCCOc1ccc(-c2nc3cccc4c3n2CCN=C4)cc1. The van der Waals surface area contributed by atoms with Crippen molar-refractivity contribution in [1.82, 2.24) is 9.55 Å². The molecule has 5 nitrogen and oxygen atoms in total. The van der Waals surface area contributed by atoms with E-state index in [0.29, 0.717) is 0 Å².